The minimum atomic E-state index is -0.832. The van der Waals surface area contributed by atoms with Gasteiger partial charge in [0.05, 0.1) is 11.4 Å². The van der Waals surface area contributed by atoms with Crippen molar-refractivity contribution in [3.05, 3.63) is 89.6 Å². The topological polar surface area (TPSA) is 42.4 Å². The summed E-state index contributed by atoms with van der Waals surface area (Å²) in [5.74, 6) is 0. The Morgan fingerprint density at radius 2 is 1.58 bits per heavy atom. The second-order valence-corrected chi connectivity index (χ2v) is 5.77. The highest BCUT2D eigenvalue weighted by atomic mass is 16.5. The van der Waals surface area contributed by atoms with Crippen LogP contribution < -0.4 is 0 Å². The average molecular weight is 319 g/mol. The van der Waals surface area contributed by atoms with Crippen molar-refractivity contribution in [3.63, 3.8) is 0 Å². The normalized spacial score (nSPS) is 13.5. The zero-order chi connectivity index (χ0) is 16.9. The Labute approximate surface area is 142 Å². The van der Waals surface area contributed by atoms with Crippen LogP contribution in [-0.2, 0) is 4.74 Å². The number of aryl methyl sites for hydroxylation is 1. The smallest absolute Gasteiger partial charge is 0.126 e. The number of hydrogen-bond donors (Lipinski definition) is 1. The summed E-state index contributed by atoms with van der Waals surface area (Å²) in [6.45, 7) is 2.06. The Kier molecular flexibility index (Phi) is 5.04. The maximum Gasteiger partial charge on any atom is 0.126 e. The van der Waals surface area contributed by atoms with Gasteiger partial charge in [-0.1, -0.05) is 60.7 Å². The average Bonchev–Trinajstić information content (AvgIpc) is 2.64. The van der Waals surface area contributed by atoms with Gasteiger partial charge in [-0.2, -0.15) is 0 Å². The van der Waals surface area contributed by atoms with Gasteiger partial charge in [0, 0.05) is 12.7 Å². The van der Waals surface area contributed by atoms with Gasteiger partial charge in [-0.05, 0) is 30.2 Å². The lowest BCUT2D eigenvalue weighted by Crippen LogP contribution is -2.14. The van der Waals surface area contributed by atoms with Crippen LogP contribution in [0.25, 0.3) is 11.3 Å². The molecule has 122 valence electrons. The van der Waals surface area contributed by atoms with E-state index in [9.17, 15) is 5.11 Å². The maximum atomic E-state index is 10.8. The van der Waals surface area contributed by atoms with Crippen molar-refractivity contribution in [1.29, 1.82) is 0 Å². The van der Waals surface area contributed by atoms with Crippen molar-refractivity contribution in [2.75, 3.05) is 7.11 Å². The molecular weight excluding hydrogens is 298 g/mol. The highest BCUT2D eigenvalue weighted by Crippen LogP contribution is 2.31. The molecule has 0 aliphatic carbocycles. The zero-order valence-electron chi connectivity index (χ0n) is 13.9. The van der Waals surface area contributed by atoms with Gasteiger partial charge in [0.2, 0.25) is 0 Å². The lowest BCUT2D eigenvalue weighted by molar-refractivity contribution is -0.0169. The van der Waals surface area contributed by atoms with Crippen molar-refractivity contribution in [1.82, 2.24) is 4.98 Å². The number of benzene rings is 2. The van der Waals surface area contributed by atoms with Crippen molar-refractivity contribution >= 4 is 0 Å². The first kappa shape index (κ1) is 16.4. The molecule has 0 bridgehead atoms. The Morgan fingerprint density at radius 1 is 0.875 bits per heavy atom. The summed E-state index contributed by atoms with van der Waals surface area (Å²) in [7, 11) is 1.60. The molecule has 3 nitrogen and oxygen atoms in total. The lowest BCUT2D eigenvalue weighted by atomic mass is 10.00. The summed E-state index contributed by atoms with van der Waals surface area (Å²) in [6, 6.07) is 23.5. The third-order valence-corrected chi connectivity index (χ3v) is 4.16. The van der Waals surface area contributed by atoms with E-state index >= 15 is 0 Å². The van der Waals surface area contributed by atoms with Crippen LogP contribution in [0.4, 0.5) is 0 Å². The number of ether oxygens (including phenoxy) is 1. The lowest BCUT2D eigenvalue weighted by Gasteiger charge is -2.22. The fraction of sp³-hybridized carbons (Fsp3) is 0.190. The van der Waals surface area contributed by atoms with E-state index in [0.29, 0.717) is 5.69 Å². The molecule has 0 aliphatic rings. The molecule has 2 aromatic carbocycles. The van der Waals surface area contributed by atoms with E-state index < -0.39 is 12.2 Å². The van der Waals surface area contributed by atoms with Crippen LogP contribution >= 0.6 is 0 Å². The van der Waals surface area contributed by atoms with E-state index in [-0.39, 0.29) is 0 Å². The fourth-order valence-corrected chi connectivity index (χ4v) is 2.87. The van der Waals surface area contributed by atoms with Crippen molar-refractivity contribution in [3.8, 4) is 11.3 Å². The minimum Gasteiger partial charge on any atom is -0.384 e. The van der Waals surface area contributed by atoms with Crippen molar-refractivity contribution in [2.24, 2.45) is 0 Å². The molecule has 0 saturated heterocycles. The first-order chi connectivity index (χ1) is 11.7. The van der Waals surface area contributed by atoms with Gasteiger partial charge in [-0.3, -0.25) is 0 Å². The van der Waals surface area contributed by atoms with Crippen molar-refractivity contribution in [2.45, 2.75) is 19.1 Å². The molecule has 1 aromatic heterocycles. The van der Waals surface area contributed by atoms with Gasteiger partial charge in [0.1, 0.15) is 12.2 Å². The Hall–Kier alpha value is -2.49. The molecular formula is C21H21NO2. The molecule has 0 aliphatic heterocycles. The van der Waals surface area contributed by atoms with Gasteiger partial charge in [-0.25, -0.2) is 4.98 Å². The second-order valence-electron chi connectivity index (χ2n) is 5.77. The molecule has 0 saturated carbocycles. The molecule has 1 heterocycles. The molecule has 3 heteroatoms. The van der Waals surface area contributed by atoms with Crippen LogP contribution in [0.15, 0.2) is 72.8 Å². The number of hydrogen-bond acceptors (Lipinski definition) is 3. The first-order valence-corrected chi connectivity index (χ1v) is 7.99. The summed E-state index contributed by atoms with van der Waals surface area (Å²) < 4.78 is 5.53. The van der Waals surface area contributed by atoms with E-state index in [1.54, 1.807) is 7.11 Å². The number of nitrogens with zero attached hydrogens (tertiary/aromatic N) is 1. The van der Waals surface area contributed by atoms with E-state index in [2.05, 4.69) is 18.0 Å². The van der Waals surface area contributed by atoms with Gasteiger partial charge in [0.15, 0.2) is 0 Å². The third-order valence-electron chi connectivity index (χ3n) is 4.16. The predicted octanol–water partition coefficient (Wildman–Crippen LogP) is 4.48. The van der Waals surface area contributed by atoms with Crippen LogP contribution in [0.3, 0.4) is 0 Å². The van der Waals surface area contributed by atoms with Gasteiger partial charge in [0.25, 0.3) is 0 Å². The first-order valence-electron chi connectivity index (χ1n) is 7.99. The quantitative estimate of drug-likeness (QED) is 0.754. The van der Waals surface area contributed by atoms with Crippen LogP contribution in [-0.4, -0.2) is 17.2 Å². The van der Waals surface area contributed by atoms with Gasteiger partial charge >= 0.3 is 0 Å². The molecule has 1 N–H and O–H groups in total. The highest BCUT2D eigenvalue weighted by Gasteiger charge is 2.23. The Morgan fingerprint density at radius 3 is 2.29 bits per heavy atom. The largest absolute Gasteiger partial charge is 0.384 e. The van der Waals surface area contributed by atoms with Crippen LogP contribution in [0.1, 0.15) is 29.0 Å². The summed E-state index contributed by atoms with van der Waals surface area (Å²) in [5.41, 5.74) is 4.61. The SMILES string of the molecule is CO[C@@H](c1ccccc1)[C@H](O)c1cccc(-c2ccccc2C)n1. The second kappa shape index (κ2) is 7.39. The van der Waals surface area contributed by atoms with Crippen LogP contribution in [0.2, 0.25) is 0 Å². The number of pyridine rings is 1. The van der Waals surface area contributed by atoms with E-state index in [1.165, 1.54) is 0 Å². The number of methoxy groups -OCH3 is 1. The number of rotatable bonds is 5. The predicted molar refractivity (Wildman–Crippen MR) is 95.6 cm³/mol. The molecule has 0 unspecified atom stereocenters. The highest BCUT2D eigenvalue weighted by molar-refractivity contribution is 5.63. The van der Waals surface area contributed by atoms with Crippen LogP contribution in [0, 0.1) is 6.92 Å². The summed E-state index contributed by atoms with van der Waals surface area (Å²) >= 11 is 0. The molecule has 3 rings (SSSR count). The van der Waals surface area contributed by atoms with E-state index in [1.807, 2.05) is 66.7 Å². The van der Waals surface area contributed by atoms with E-state index in [4.69, 9.17) is 4.74 Å². The van der Waals surface area contributed by atoms with Gasteiger partial charge < -0.3 is 9.84 Å². The summed E-state index contributed by atoms with van der Waals surface area (Å²) in [4.78, 5) is 4.67. The molecule has 2 atom stereocenters. The summed E-state index contributed by atoms with van der Waals surface area (Å²) in [6.07, 6.45) is -1.29. The summed E-state index contributed by atoms with van der Waals surface area (Å²) in [5, 5.41) is 10.8. The van der Waals surface area contributed by atoms with Crippen LogP contribution in [0.5, 0.6) is 0 Å². The van der Waals surface area contributed by atoms with Crippen molar-refractivity contribution < 1.29 is 9.84 Å². The Bertz CT molecular complexity index is 802. The van der Waals surface area contributed by atoms with E-state index in [0.717, 1.165) is 22.4 Å². The number of aliphatic hydroxyl groups excluding tert-OH is 1. The molecule has 24 heavy (non-hydrogen) atoms. The molecule has 3 aromatic rings. The number of aliphatic hydroxyl groups is 1. The molecule has 0 spiro atoms. The molecule has 0 fully saturated rings. The number of aromatic nitrogens is 1. The monoisotopic (exact) mass is 319 g/mol. The van der Waals surface area contributed by atoms with Gasteiger partial charge in [-0.15, -0.1) is 0 Å². The third kappa shape index (κ3) is 3.37. The Balaban J connectivity index is 1.95. The molecule has 0 amide bonds. The fourth-order valence-electron chi connectivity index (χ4n) is 2.87. The maximum absolute atomic E-state index is 10.8. The standard InChI is InChI=1S/C21H21NO2/c1-15-9-6-7-12-17(15)18-13-8-14-19(22-18)20(23)21(24-2)16-10-4-3-5-11-16/h3-14,20-21,23H,1-2H3/t20-,21+/m1/s1. The molecule has 0 radical (unpaired) electrons. The zero-order valence-corrected chi connectivity index (χ0v) is 13.9. The minimum absolute atomic E-state index is 0.453.